The summed E-state index contributed by atoms with van der Waals surface area (Å²) in [6.07, 6.45) is 0.912. The van der Waals surface area contributed by atoms with E-state index in [0.29, 0.717) is 12.5 Å². The maximum absolute atomic E-state index is 10.5. The lowest BCUT2D eigenvalue weighted by Crippen LogP contribution is -2.34. The van der Waals surface area contributed by atoms with Gasteiger partial charge in [-0.25, -0.2) is 4.98 Å². The Kier molecular flexibility index (Phi) is 5.58. The monoisotopic (exact) mass is 256 g/mol. The summed E-state index contributed by atoms with van der Waals surface area (Å²) in [5, 5.41) is 10.7. The van der Waals surface area contributed by atoms with Crippen molar-refractivity contribution in [3.8, 4) is 0 Å². The third-order valence-corrected chi connectivity index (χ3v) is 3.45. The quantitative estimate of drug-likeness (QED) is 0.815. The van der Waals surface area contributed by atoms with E-state index in [-0.39, 0.29) is 12.5 Å². The van der Waals surface area contributed by atoms with Gasteiger partial charge in [-0.05, 0) is 33.7 Å². The minimum Gasteiger partial charge on any atom is -0.481 e. The highest BCUT2D eigenvalue weighted by Crippen LogP contribution is 2.22. The largest absolute Gasteiger partial charge is 0.481 e. The molecule has 5 heteroatoms. The normalized spacial score (nSPS) is 13.2. The van der Waals surface area contributed by atoms with Crippen molar-refractivity contribution in [1.29, 1.82) is 0 Å². The standard InChI is InChI=1S/C12H20N2O2S/c1-9(2)14(6-4-5-12(15)16)10(3)11-7-17-8-13-11/h7-10H,4-6H2,1-3H3,(H,15,16). The number of carbonyl (C=O) groups is 1. The summed E-state index contributed by atoms with van der Waals surface area (Å²) >= 11 is 1.59. The molecule has 0 amide bonds. The number of aromatic nitrogens is 1. The SMILES string of the molecule is CC(C)N(CCCC(=O)O)C(C)c1cscn1. The summed E-state index contributed by atoms with van der Waals surface area (Å²) in [5.41, 5.74) is 2.90. The first-order chi connectivity index (χ1) is 8.02. The molecule has 17 heavy (non-hydrogen) atoms. The highest BCUT2D eigenvalue weighted by atomic mass is 32.1. The van der Waals surface area contributed by atoms with Crippen molar-refractivity contribution >= 4 is 17.3 Å². The van der Waals surface area contributed by atoms with Crippen LogP contribution < -0.4 is 0 Å². The zero-order chi connectivity index (χ0) is 12.8. The summed E-state index contributed by atoms with van der Waals surface area (Å²) < 4.78 is 0. The van der Waals surface area contributed by atoms with Gasteiger partial charge in [-0.15, -0.1) is 11.3 Å². The molecule has 0 saturated carbocycles. The van der Waals surface area contributed by atoms with Gasteiger partial charge in [0.15, 0.2) is 0 Å². The van der Waals surface area contributed by atoms with Crippen LogP contribution in [0.4, 0.5) is 0 Å². The number of carboxylic acid groups (broad SMARTS) is 1. The van der Waals surface area contributed by atoms with Crippen molar-refractivity contribution in [2.45, 2.75) is 45.7 Å². The number of rotatable bonds is 7. The molecule has 0 spiro atoms. The molecule has 1 unspecified atom stereocenters. The maximum atomic E-state index is 10.5. The van der Waals surface area contributed by atoms with Gasteiger partial charge >= 0.3 is 5.97 Å². The van der Waals surface area contributed by atoms with Crippen LogP contribution in [0.2, 0.25) is 0 Å². The minimum atomic E-state index is -0.727. The van der Waals surface area contributed by atoms with Crippen molar-refractivity contribution in [3.63, 3.8) is 0 Å². The highest BCUT2D eigenvalue weighted by molar-refractivity contribution is 7.07. The van der Waals surface area contributed by atoms with E-state index in [9.17, 15) is 4.79 Å². The van der Waals surface area contributed by atoms with E-state index in [1.165, 1.54) is 0 Å². The third kappa shape index (κ3) is 4.44. The molecule has 0 fully saturated rings. The smallest absolute Gasteiger partial charge is 0.303 e. The van der Waals surface area contributed by atoms with Gasteiger partial charge in [0.05, 0.1) is 17.2 Å². The molecule has 0 aliphatic rings. The van der Waals surface area contributed by atoms with Crippen molar-refractivity contribution in [2.24, 2.45) is 0 Å². The Morgan fingerprint density at radius 2 is 2.24 bits per heavy atom. The van der Waals surface area contributed by atoms with E-state index < -0.39 is 5.97 Å². The average molecular weight is 256 g/mol. The number of carboxylic acids is 1. The van der Waals surface area contributed by atoms with Crippen LogP contribution in [0.5, 0.6) is 0 Å². The lowest BCUT2D eigenvalue weighted by Gasteiger charge is -2.31. The van der Waals surface area contributed by atoms with Crippen LogP contribution >= 0.6 is 11.3 Å². The van der Waals surface area contributed by atoms with Crippen LogP contribution in [-0.4, -0.2) is 33.5 Å². The Labute approximate surface area is 106 Å². The molecule has 1 aromatic heterocycles. The maximum Gasteiger partial charge on any atom is 0.303 e. The topological polar surface area (TPSA) is 53.4 Å². The predicted molar refractivity (Wildman–Crippen MR) is 69.2 cm³/mol. The van der Waals surface area contributed by atoms with E-state index in [0.717, 1.165) is 12.2 Å². The molecule has 1 heterocycles. The number of hydrogen-bond donors (Lipinski definition) is 1. The molecular formula is C12H20N2O2S. The second kappa shape index (κ2) is 6.71. The molecule has 96 valence electrons. The summed E-state index contributed by atoms with van der Waals surface area (Å²) in [6.45, 7) is 7.17. The second-order valence-electron chi connectivity index (χ2n) is 4.42. The van der Waals surface area contributed by atoms with E-state index in [4.69, 9.17) is 5.11 Å². The van der Waals surface area contributed by atoms with Gasteiger partial charge in [0.2, 0.25) is 0 Å². The lowest BCUT2D eigenvalue weighted by atomic mass is 10.1. The molecule has 0 aliphatic carbocycles. The molecule has 1 aromatic rings. The van der Waals surface area contributed by atoms with Crippen molar-refractivity contribution < 1.29 is 9.90 Å². The number of aliphatic carboxylic acids is 1. The highest BCUT2D eigenvalue weighted by Gasteiger charge is 2.19. The average Bonchev–Trinajstić information content (AvgIpc) is 2.75. The zero-order valence-corrected chi connectivity index (χ0v) is 11.4. The number of thiazole rings is 1. The van der Waals surface area contributed by atoms with Crippen molar-refractivity contribution in [1.82, 2.24) is 9.88 Å². The Morgan fingerprint density at radius 3 is 2.71 bits per heavy atom. The third-order valence-electron chi connectivity index (χ3n) is 2.85. The number of nitrogens with zero attached hydrogens (tertiary/aromatic N) is 2. The van der Waals surface area contributed by atoms with Crippen LogP contribution in [0.25, 0.3) is 0 Å². The Balaban J connectivity index is 2.56. The molecule has 1 rings (SSSR count). The van der Waals surface area contributed by atoms with Crippen LogP contribution in [-0.2, 0) is 4.79 Å². The zero-order valence-electron chi connectivity index (χ0n) is 10.6. The fourth-order valence-corrected chi connectivity index (χ4v) is 2.55. The Hall–Kier alpha value is -0.940. The van der Waals surface area contributed by atoms with Gasteiger partial charge in [-0.3, -0.25) is 9.69 Å². The van der Waals surface area contributed by atoms with E-state index in [1.807, 2.05) is 5.51 Å². The molecule has 0 aliphatic heterocycles. The molecule has 0 saturated heterocycles. The summed E-state index contributed by atoms with van der Waals surface area (Å²) in [6, 6.07) is 0.635. The summed E-state index contributed by atoms with van der Waals surface area (Å²) in [7, 11) is 0. The molecule has 4 nitrogen and oxygen atoms in total. The van der Waals surface area contributed by atoms with E-state index >= 15 is 0 Å². The van der Waals surface area contributed by atoms with Gasteiger partial charge in [0.1, 0.15) is 0 Å². The molecule has 1 atom stereocenters. The van der Waals surface area contributed by atoms with Crippen molar-refractivity contribution in [3.05, 3.63) is 16.6 Å². The minimum absolute atomic E-state index is 0.229. The first-order valence-electron chi connectivity index (χ1n) is 5.88. The molecule has 0 bridgehead atoms. The van der Waals surface area contributed by atoms with Gasteiger partial charge in [-0.2, -0.15) is 0 Å². The fraction of sp³-hybridized carbons (Fsp3) is 0.667. The van der Waals surface area contributed by atoms with Crippen LogP contribution in [0.1, 0.15) is 45.3 Å². The van der Waals surface area contributed by atoms with Crippen LogP contribution in [0.3, 0.4) is 0 Å². The predicted octanol–water partition coefficient (Wildman–Crippen LogP) is 2.78. The van der Waals surface area contributed by atoms with Gasteiger partial charge in [0.25, 0.3) is 0 Å². The summed E-state index contributed by atoms with van der Waals surface area (Å²) in [4.78, 5) is 17.1. The van der Waals surface area contributed by atoms with Crippen LogP contribution in [0, 0.1) is 0 Å². The van der Waals surface area contributed by atoms with Gasteiger partial charge < -0.3 is 5.11 Å². The first kappa shape index (κ1) is 14.1. The van der Waals surface area contributed by atoms with Gasteiger partial charge in [0, 0.05) is 17.8 Å². The fourth-order valence-electron chi connectivity index (χ4n) is 1.91. The van der Waals surface area contributed by atoms with E-state index in [1.54, 1.807) is 11.3 Å². The van der Waals surface area contributed by atoms with Crippen LogP contribution in [0.15, 0.2) is 10.9 Å². The molecular weight excluding hydrogens is 236 g/mol. The van der Waals surface area contributed by atoms with Gasteiger partial charge in [-0.1, -0.05) is 0 Å². The lowest BCUT2D eigenvalue weighted by molar-refractivity contribution is -0.137. The second-order valence-corrected chi connectivity index (χ2v) is 5.14. The summed E-state index contributed by atoms with van der Waals surface area (Å²) in [5.74, 6) is -0.727. The Bertz CT molecular complexity index is 338. The molecule has 1 N–H and O–H groups in total. The molecule has 0 radical (unpaired) electrons. The first-order valence-corrected chi connectivity index (χ1v) is 6.82. The van der Waals surface area contributed by atoms with Crippen molar-refractivity contribution in [2.75, 3.05) is 6.54 Å². The Morgan fingerprint density at radius 1 is 1.53 bits per heavy atom. The molecule has 0 aromatic carbocycles. The van der Waals surface area contributed by atoms with E-state index in [2.05, 4.69) is 36.0 Å². The number of hydrogen-bond acceptors (Lipinski definition) is 4.